The maximum absolute atomic E-state index is 12.0. The summed E-state index contributed by atoms with van der Waals surface area (Å²) < 4.78 is 0.831. The van der Waals surface area contributed by atoms with Crippen LogP contribution in [0.15, 0.2) is 22.9 Å². The zero-order valence-corrected chi connectivity index (χ0v) is 11.6. The minimum absolute atomic E-state index is 0.151. The first kappa shape index (κ1) is 13.0. The Kier molecular flexibility index (Phi) is 3.96. The third-order valence-corrected chi connectivity index (χ3v) is 3.22. The third-order valence-electron chi connectivity index (χ3n) is 2.79. The van der Waals surface area contributed by atoms with Gasteiger partial charge in [-0.25, -0.2) is 4.79 Å². The number of nitrogens with one attached hydrogen (secondary N) is 1. The number of halogens is 1. The molecule has 1 aromatic rings. The first-order valence-electron chi connectivity index (χ1n) is 5.83. The van der Waals surface area contributed by atoms with Gasteiger partial charge in [0.15, 0.2) is 0 Å². The van der Waals surface area contributed by atoms with Gasteiger partial charge in [0.2, 0.25) is 0 Å². The molecule has 1 unspecified atom stereocenters. The van der Waals surface area contributed by atoms with Crippen molar-refractivity contribution in [2.75, 3.05) is 0 Å². The van der Waals surface area contributed by atoms with Crippen molar-refractivity contribution >= 4 is 27.9 Å². The van der Waals surface area contributed by atoms with E-state index >= 15 is 0 Å². The summed E-state index contributed by atoms with van der Waals surface area (Å²) in [4.78, 5) is 29.0. The third kappa shape index (κ3) is 2.69. The summed E-state index contributed by atoms with van der Waals surface area (Å²) in [7, 11) is 0. The second-order valence-electron chi connectivity index (χ2n) is 4.23. The average Bonchev–Trinajstić information content (AvgIpc) is 2.58. The maximum Gasteiger partial charge on any atom is 0.325 e. The van der Waals surface area contributed by atoms with Crippen molar-refractivity contribution in [3.05, 3.63) is 28.5 Å². The number of carbonyl (C=O) groups excluding carboxylic acids is 2. The number of hydrogen-bond acceptors (Lipinski definition) is 3. The molecule has 0 saturated carbocycles. The van der Waals surface area contributed by atoms with Crippen molar-refractivity contribution in [1.82, 2.24) is 15.2 Å². The molecule has 1 N–H and O–H groups in total. The van der Waals surface area contributed by atoms with E-state index in [1.54, 1.807) is 12.4 Å². The van der Waals surface area contributed by atoms with Crippen molar-refractivity contribution in [3.8, 4) is 0 Å². The van der Waals surface area contributed by atoms with Gasteiger partial charge >= 0.3 is 6.03 Å². The number of hydrogen-bond donors (Lipinski definition) is 1. The highest BCUT2D eigenvalue weighted by atomic mass is 79.9. The molecule has 3 amide bonds. The normalized spacial score (nSPS) is 19.2. The van der Waals surface area contributed by atoms with Gasteiger partial charge in [0.25, 0.3) is 5.91 Å². The zero-order valence-electron chi connectivity index (χ0n) is 10.0. The fourth-order valence-electron chi connectivity index (χ4n) is 1.94. The minimum atomic E-state index is -0.373. The molecule has 5 nitrogen and oxygen atoms in total. The lowest BCUT2D eigenvalue weighted by atomic mass is 10.1. The largest absolute Gasteiger partial charge is 0.326 e. The molecule has 18 heavy (non-hydrogen) atoms. The van der Waals surface area contributed by atoms with Crippen LogP contribution in [-0.4, -0.2) is 27.9 Å². The monoisotopic (exact) mass is 311 g/mol. The maximum atomic E-state index is 12.0. The van der Waals surface area contributed by atoms with Crippen molar-refractivity contribution in [2.45, 2.75) is 32.4 Å². The van der Waals surface area contributed by atoms with Crippen LogP contribution in [0.3, 0.4) is 0 Å². The number of nitrogens with zero attached hydrogens (tertiary/aromatic N) is 2. The molecule has 0 bridgehead atoms. The molecule has 2 rings (SSSR count). The van der Waals surface area contributed by atoms with E-state index in [9.17, 15) is 9.59 Å². The number of imide groups is 1. The standard InChI is InChI=1S/C12H14BrN3O2/c1-2-3-10-11(17)16(12(18)15-10)7-8-4-9(13)6-14-5-8/h4-6,10H,2-3,7H2,1H3,(H,15,18). The number of aromatic nitrogens is 1. The molecular weight excluding hydrogens is 298 g/mol. The van der Waals surface area contributed by atoms with Crippen LogP contribution in [0, 0.1) is 0 Å². The Labute approximate surface area is 114 Å². The highest BCUT2D eigenvalue weighted by Gasteiger charge is 2.37. The topological polar surface area (TPSA) is 62.3 Å². The number of urea groups is 1. The fraction of sp³-hybridized carbons (Fsp3) is 0.417. The van der Waals surface area contributed by atoms with Gasteiger partial charge in [-0.2, -0.15) is 0 Å². The van der Waals surface area contributed by atoms with Crippen LogP contribution >= 0.6 is 15.9 Å². The van der Waals surface area contributed by atoms with Gasteiger partial charge in [0.05, 0.1) is 6.54 Å². The summed E-state index contributed by atoms with van der Waals surface area (Å²) >= 11 is 3.31. The van der Waals surface area contributed by atoms with Crippen LogP contribution in [0.4, 0.5) is 4.79 Å². The first-order chi connectivity index (χ1) is 8.61. The highest BCUT2D eigenvalue weighted by molar-refractivity contribution is 9.10. The van der Waals surface area contributed by atoms with Gasteiger partial charge in [0.1, 0.15) is 6.04 Å². The summed E-state index contributed by atoms with van der Waals surface area (Å²) in [6, 6.07) is 1.15. The smallest absolute Gasteiger partial charge is 0.325 e. The van der Waals surface area contributed by atoms with E-state index in [1.807, 2.05) is 13.0 Å². The van der Waals surface area contributed by atoms with Crippen LogP contribution in [0.1, 0.15) is 25.3 Å². The van der Waals surface area contributed by atoms with Gasteiger partial charge in [0, 0.05) is 16.9 Å². The van der Waals surface area contributed by atoms with E-state index < -0.39 is 0 Å². The fourth-order valence-corrected chi connectivity index (χ4v) is 2.35. The summed E-state index contributed by atoms with van der Waals surface area (Å²) in [5.74, 6) is -0.151. The highest BCUT2D eigenvalue weighted by Crippen LogP contribution is 2.16. The number of carbonyl (C=O) groups is 2. The summed E-state index contributed by atoms with van der Waals surface area (Å²) in [5.41, 5.74) is 0.824. The molecule has 1 fully saturated rings. The molecule has 0 spiro atoms. The Morgan fingerprint density at radius 3 is 2.89 bits per heavy atom. The predicted molar refractivity (Wildman–Crippen MR) is 69.7 cm³/mol. The van der Waals surface area contributed by atoms with Gasteiger partial charge in [-0.05, 0) is 34.0 Å². The van der Waals surface area contributed by atoms with Gasteiger partial charge in [-0.3, -0.25) is 14.7 Å². The molecule has 0 aromatic carbocycles. The second-order valence-corrected chi connectivity index (χ2v) is 5.14. The van der Waals surface area contributed by atoms with Crippen LogP contribution in [0.2, 0.25) is 0 Å². The van der Waals surface area contributed by atoms with Crippen molar-refractivity contribution < 1.29 is 9.59 Å². The molecule has 1 aliphatic heterocycles. The Morgan fingerprint density at radius 1 is 1.44 bits per heavy atom. The number of rotatable bonds is 4. The quantitative estimate of drug-likeness (QED) is 0.866. The van der Waals surface area contributed by atoms with E-state index in [-0.39, 0.29) is 24.5 Å². The van der Waals surface area contributed by atoms with Gasteiger partial charge < -0.3 is 5.32 Å². The van der Waals surface area contributed by atoms with Crippen LogP contribution < -0.4 is 5.32 Å². The molecule has 0 aliphatic carbocycles. The first-order valence-corrected chi connectivity index (χ1v) is 6.62. The SMILES string of the molecule is CCCC1NC(=O)N(Cc2cncc(Br)c2)C1=O. The Balaban J connectivity index is 2.10. The molecule has 1 aromatic heterocycles. The average molecular weight is 312 g/mol. The molecule has 1 atom stereocenters. The second kappa shape index (κ2) is 5.48. The minimum Gasteiger partial charge on any atom is -0.326 e. The number of pyridine rings is 1. The van der Waals surface area contributed by atoms with Crippen LogP contribution in [-0.2, 0) is 11.3 Å². The molecule has 96 valence electrons. The van der Waals surface area contributed by atoms with Crippen molar-refractivity contribution in [1.29, 1.82) is 0 Å². The molecule has 1 saturated heterocycles. The predicted octanol–water partition coefficient (Wildman–Crippen LogP) is 2.06. The summed E-state index contributed by atoms with van der Waals surface area (Å²) in [5, 5.41) is 2.69. The Bertz CT molecular complexity index is 478. The zero-order chi connectivity index (χ0) is 13.1. The van der Waals surface area contributed by atoms with Crippen LogP contribution in [0.25, 0.3) is 0 Å². The van der Waals surface area contributed by atoms with E-state index in [4.69, 9.17) is 0 Å². The van der Waals surface area contributed by atoms with Crippen molar-refractivity contribution in [2.24, 2.45) is 0 Å². The lowest BCUT2D eigenvalue weighted by molar-refractivity contribution is -0.128. The van der Waals surface area contributed by atoms with E-state index in [1.165, 1.54) is 4.90 Å². The lowest BCUT2D eigenvalue weighted by Gasteiger charge is -2.12. The van der Waals surface area contributed by atoms with E-state index in [2.05, 4.69) is 26.2 Å². The Morgan fingerprint density at radius 2 is 2.22 bits per heavy atom. The molecule has 2 heterocycles. The molecule has 0 radical (unpaired) electrons. The lowest BCUT2D eigenvalue weighted by Crippen LogP contribution is -2.31. The molecule has 6 heteroatoms. The Hall–Kier alpha value is -1.43. The molecule has 1 aliphatic rings. The number of amides is 3. The van der Waals surface area contributed by atoms with Gasteiger partial charge in [-0.15, -0.1) is 0 Å². The van der Waals surface area contributed by atoms with Crippen LogP contribution in [0.5, 0.6) is 0 Å². The van der Waals surface area contributed by atoms with E-state index in [0.717, 1.165) is 16.5 Å². The van der Waals surface area contributed by atoms with Crippen molar-refractivity contribution in [3.63, 3.8) is 0 Å². The summed E-state index contributed by atoms with van der Waals surface area (Å²) in [6.45, 7) is 2.25. The molecular formula is C12H14BrN3O2. The van der Waals surface area contributed by atoms with Gasteiger partial charge in [-0.1, -0.05) is 13.3 Å². The van der Waals surface area contributed by atoms with E-state index in [0.29, 0.717) is 6.42 Å². The summed E-state index contributed by atoms with van der Waals surface area (Å²) in [6.07, 6.45) is 4.86.